The standard InChI is InChI=1S/C13H18N2O3S/c1-2-14-13(19)15-8-10(16)9-3-4-11-12(7-9)18-6-5-17-11/h3-4,7,10,16H,2,5-6,8H2,1H3,(H2,14,15,19). The highest BCUT2D eigenvalue weighted by atomic mass is 32.1. The molecule has 1 atom stereocenters. The highest BCUT2D eigenvalue weighted by Gasteiger charge is 2.15. The van der Waals surface area contributed by atoms with Gasteiger partial charge >= 0.3 is 0 Å². The summed E-state index contributed by atoms with van der Waals surface area (Å²) in [5, 5.41) is 16.6. The van der Waals surface area contributed by atoms with E-state index in [1.165, 1.54) is 0 Å². The van der Waals surface area contributed by atoms with E-state index in [0.29, 0.717) is 30.6 Å². The van der Waals surface area contributed by atoms with Crippen LogP contribution in [0.25, 0.3) is 0 Å². The Balaban J connectivity index is 1.95. The smallest absolute Gasteiger partial charge is 0.166 e. The Morgan fingerprint density at radius 2 is 2.05 bits per heavy atom. The van der Waals surface area contributed by atoms with E-state index in [0.717, 1.165) is 17.9 Å². The number of thiocarbonyl (C=S) groups is 1. The molecular weight excluding hydrogens is 264 g/mol. The molecule has 6 heteroatoms. The Kier molecular flexibility index (Phi) is 4.81. The first-order chi connectivity index (χ1) is 9.20. The van der Waals surface area contributed by atoms with Crippen molar-refractivity contribution >= 4 is 17.3 Å². The highest BCUT2D eigenvalue weighted by molar-refractivity contribution is 7.80. The van der Waals surface area contributed by atoms with Crippen LogP contribution in [0.15, 0.2) is 18.2 Å². The quantitative estimate of drug-likeness (QED) is 0.716. The summed E-state index contributed by atoms with van der Waals surface area (Å²) in [6.07, 6.45) is -0.646. The molecule has 0 saturated carbocycles. The largest absolute Gasteiger partial charge is 0.486 e. The average molecular weight is 282 g/mol. The van der Waals surface area contributed by atoms with Gasteiger partial charge in [0.25, 0.3) is 0 Å². The molecule has 0 spiro atoms. The molecule has 0 aromatic heterocycles. The Bertz CT molecular complexity index is 454. The van der Waals surface area contributed by atoms with Crippen molar-refractivity contribution in [1.82, 2.24) is 10.6 Å². The fourth-order valence-corrected chi connectivity index (χ4v) is 2.03. The lowest BCUT2D eigenvalue weighted by molar-refractivity contribution is 0.165. The predicted molar refractivity (Wildman–Crippen MR) is 76.7 cm³/mol. The van der Waals surface area contributed by atoms with E-state index >= 15 is 0 Å². The van der Waals surface area contributed by atoms with Crippen molar-refractivity contribution in [3.63, 3.8) is 0 Å². The lowest BCUT2D eigenvalue weighted by Crippen LogP contribution is -2.37. The minimum atomic E-state index is -0.646. The van der Waals surface area contributed by atoms with Crippen LogP contribution in [0.4, 0.5) is 0 Å². The van der Waals surface area contributed by atoms with Crippen LogP contribution in [0.1, 0.15) is 18.6 Å². The van der Waals surface area contributed by atoms with Gasteiger partial charge in [-0.2, -0.15) is 0 Å². The van der Waals surface area contributed by atoms with Crippen molar-refractivity contribution in [3.05, 3.63) is 23.8 Å². The van der Waals surface area contributed by atoms with Crippen LogP contribution < -0.4 is 20.1 Å². The van der Waals surface area contributed by atoms with Gasteiger partial charge in [-0.3, -0.25) is 0 Å². The molecule has 5 nitrogen and oxygen atoms in total. The van der Waals surface area contributed by atoms with Crippen molar-refractivity contribution in [1.29, 1.82) is 0 Å². The molecule has 3 N–H and O–H groups in total. The van der Waals surface area contributed by atoms with Crippen LogP contribution in [-0.4, -0.2) is 36.5 Å². The number of hydrogen-bond donors (Lipinski definition) is 3. The normalized spacial score (nSPS) is 14.6. The summed E-state index contributed by atoms with van der Waals surface area (Å²) in [7, 11) is 0. The summed E-state index contributed by atoms with van der Waals surface area (Å²) in [5.41, 5.74) is 0.774. The van der Waals surface area contributed by atoms with Crippen molar-refractivity contribution < 1.29 is 14.6 Å². The van der Waals surface area contributed by atoms with E-state index in [4.69, 9.17) is 21.7 Å². The van der Waals surface area contributed by atoms with E-state index < -0.39 is 6.10 Å². The fraction of sp³-hybridized carbons (Fsp3) is 0.462. The first-order valence-corrected chi connectivity index (χ1v) is 6.71. The molecule has 104 valence electrons. The zero-order valence-corrected chi connectivity index (χ0v) is 11.6. The van der Waals surface area contributed by atoms with Crippen LogP contribution in [-0.2, 0) is 0 Å². The predicted octanol–water partition coefficient (Wildman–Crippen LogP) is 0.975. The Morgan fingerprint density at radius 3 is 2.79 bits per heavy atom. The molecule has 1 aromatic carbocycles. The number of fused-ring (bicyclic) bond motifs is 1. The van der Waals surface area contributed by atoms with E-state index in [-0.39, 0.29) is 0 Å². The lowest BCUT2D eigenvalue weighted by Gasteiger charge is -2.20. The third-order valence-corrected chi connectivity index (χ3v) is 3.03. The minimum absolute atomic E-state index is 0.353. The molecular formula is C13H18N2O3S. The number of aliphatic hydroxyl groups excluding tert-OH is 1. The van der Waals surface area contributed by atoms with Crippen LogP contribution in [0, 0.1) is 0 Å². The number of rotatable bonds is 4. The number of nitrogens with one attached hydrogen (secondary N) is 2. The van der Waals surface area contributed by atoms with Gasteiger partial charge in [0.15, 0.2) is 16.6 Å². The molecule has 0 bridgehead atoms. The van der Waals surface area contributed by atoms with Crippen LogP contribution in [0.5, 0.6) is 11.5 Å². The molecule has 2 rings (SSSR count). The van der Waals surface area contributed by atoms with E-state index in [1.54, 1.807) is 6.07 Å². The zero-order valence-electron chi connectivity index (χ0n) is 10.8. The highest BCUT2D eigenvalue weighted by Crippen LogP contribution is 2.32. The molecule has 1 aliphatic rings. The number of hydrogen-bond acceptors (Lipinski definition) is 4. The molecule has 0 amide bonds. The summed E-state index contributed by atoms with van der Waals surface area (Å²) in [4.78, 5) is 0. The van der Waals surface area contributed by atoms with E-state index in [1.807, 2.05) is 19.1 Å². The number of benzene rings is 1. The van der Waals surface area contributed by atoms with Gasteiger partial charge in [0, 0.05) is 13.1 Å². The SMILES string of the molecule is CCNC(=S)NCC(O)c1ccc2c(c1)OCCO2. The zero-order chi connectivity index (χ0) is 13.7. The summed E-state index contributed by atoms with van der Waals surface area (Å²) >= 11 is 5.04. The molecule has 19 heavy (non-hydrogen) atoms. The van der Waals surface area contributed by atoms with Crippen molar-refractivity contribution in [2.45, 2.75) is 13.0 Å². The molecule has 0 radical (unpaired) electrons. The van der Waals surface area contributed by atoms with Gasteiger partial charge in [-0.25, -0.2) is 0 Å². The van der Waals surface area contributed by atoms with E-state index in [9.17, 15) is 5.11 Å². The third kappa shape index (κ3) is 3.71. The molecule has 0 fully saturated rings. The second-order valence-electron chi connectivity index (χ2n) is 4.16. The molecule has 1 heterocycles. The average Bonchev–Trinajstić information content (AvgIpc) is 2.44. The second-order valence-corrected chi connectivity index (χ2v) is 4.57. The van der Waals surface area contributed by atoms with Crippen LogP contribution >= 0.6 is 12.2 Å². The monoisotopic (exact) mass is 282 g/mol. The minimum Gasteiger partial charge on any atom is -0.486 e. The maximum Gasteiger partial charge on any atom is 0.166 e. The maximum atomic E-state index is 10.1. The van der Waals surface area contributed by atoms with E-state index in [2.05, 4.69) is 10.6 Å². The van der Waals surface area contributed by atoms with Gasteiger partial charge in [-0.1, -0.05) is 6.07 Å². The third-order valence-electron chi connectivity index (χ3n) is 2.74. The van der Waals surface area contributed by atoms with Crippen LogP contribution in [0.3, 0.4) is 0 Å². The Labute approximate surface area is 117 Å². The van der Waals surface area contributed by atoms with Gasteiger partial charge in [-0.15, -0.1) is 0 Å². The van der Waals surface area contributed by atoms with Gasteiger partial charge in [0.2, 0.25) is 0 Å². The molecule has 1 unspecified atom stereocenters. The summed E-state index contributed by atoms with van der Waals surface area (Å²) in [5.74, 6) is 1.40. The second kappa shape index (κ2) is 6.58. The summed E-state index contributed by atoms with van der Waals surface area (Å²) in [6.45, 7) is 4.17. The van der Waals surface area contributed by atoms with Gasteiger partial charge in [0.05, 0.1) is 6.10 Å². The summed E-state index contributed by atoms with van der Waals surface area (Å²) in [6, 6.07) is 5.45. The topological polar surface area (TPSA) is 62.8 Å². The molecule has 1 aliphatic heterocycles. The Morgan fingerprint density at radius 1 is 1.32 bits per heavy atom. The number of ether oxygens (including phenoxy) is 2. The first-order valence-electron chi connectivity index (χ1n) is 6.30. The van der Waals surface area contributed by atoms with Gasteiger partial charge < -0.3 is 25.2 Å². The van der Waals surface area contributed by atoms with Crippen molar-refractivity contribution in [3.8, 4) is 11.5 Å². The molecule has 0 aliphatic carbocycles. The van der Waals surface area contributed by atoms with Gasteiger partial charge in [0.1, 0.15) is 13.2 Å². The van der Waals surface area contributed by atoms with Crippen LogP contribution in [0.2, 0.25) is 0 Å². The lowest BCUT2D eigenvalue weighted by atomic mass is 10.1. The Hall–Kier alpha value is -1.53. The molecule has 1 aromatic rings. The maximum absolute atomic E-state index is 10.1. The van der Waals surface area contributed by atoms with Gasteiger partial charge in [-0.05, 0) is 36.8 Å². The van der Waals surface area contributed by atoms with Crippen molar-refractivity contribution in [2.75, 3.05) is 26.3 Å². The molecule has 0 saturated heterocycles. The van der Waals surface area contributed by atoms with Crippen molar-refractivity contribution in [2.24, 2.45) is 0 Å². The number of aliphatic hydroxyl groups is 1. The first kappa shape index (κ1) is 13.9. The fourth-order valence-electron chi connectivity index (χ4n) is 1.80. The summed E-state index contributed by atoms with van der Waals surface area (Å²) < 4.78 is 10.9.